The summed E-state index contributed by atoms with van der Waals surface area (Å²) in [6.45, 7) is 0.887. The van der Waals surface area contributed by atoms with E-state index < -0.39 is 0 Å². The fourth-order valence-corrected chi connectivity index (χ4v) is 3.90. The van der Waals surface area contributed by atoms with Crippen molar-refractivity contribution < 1.29 is 4.74 Å². The van der Waals surface area contributed by atoms with Crippen molar-refractivity contribution in [3.8, 4) is 0 Å². The smallest absolute Gasteiger partial charge is 0.133 e. The second-order valence-corrected chi connectivity index (χ2v) is 7.00. The highest BCUT2D eigenvalue weighted by atomic mass is 16.5. The summed E-state index contributed by atoms with van der Waals surface area (Å²) in [4.78, 5) is 9.10. The molecule has 1 unspecified atom stereocenters. The minimum Gasteiger partial charge on any atom is -0.375 e. The zero-order valence-electron chi connectivity index (χ0n) is 12.7. The molecular weight excluding hydrogens is 262 g/mol. The Kier molecular flexibility index (Phi) is 3.57. The third kappa shape index (κ3) is 3.05. The van der Waals surface area contributed by atoms with Gasteiger partial charge >= 0.3 is 0 Å². The molecular formula is C17H25N3O. The van der Waals surface area contributed by atoms with E-state index >= 15 is 0 Å². The average Bonchev–Trinajstić information content (AvgIpc) is 3.33. The van der Waals surface area contributed by atoms with E-state index in [9.17, 15) is 0 Å². The lowest BCUT2D eigenvalue weighted by Crippen LogP contribution is -2.45. The zero-order valence-corrected chi connectivity index (χ0v) is 12.7. The van der Waals surface area contributed by atoms with E-state index in [1.807, 2.05) is 12.3 Å². The highest BCUT2D eigenvalue weighted by molar-refractivity contribution is 5.35. The minimum atomic E-state index is 0.153. The maximum Gasteiger partial charge on any atom is 0.133 e. The number of hydrogen-bond acceptors (Lipinski definition) is 4. The van der Waals surface area contributed by atoms with Crippen LogP contribution in [0.15, 0.2) is 12.3 Å². The number of rotatable bonds is 3. The van der Waals surface area contributed by atoms with Crippen molar-refractivity contribution >= 4 is 5.82 Å². The Balaban J connectivity index is 1.42. The molecule has 2 aliphatic carbocycles. The first-order valence-corrected chi connectivity index (χ1v) is 8.56. The monoisotopic (exact) mass is 287 g/mol. The molecule has 1 N–H and O–H groups in total. The lowest BCUT2D eigenvalue weighted by molar-refractivity contribution is -0.103. The van der Waals surface area contributed by atoms with Gasteiger partial charge in [0.25, 0.3) is 0 Å². The van der Waals surface area contributed by atoms with Gasteiger partial charge in [-0.05, 0) is 44.6 Å². The van der Waals surface area contributed by atoms with Crippen LogP contribution < -0.4 is 5.32 Å². The van der Waals surface area contributed by atoms with Crippen molar-refractivity contribution in [3.63, 3.8) is 0 Å². The summed E-state index contributed by atoms with van der Waals surface area (Å²) < 4.78 is 6.17. The molecule has 1 saturated heterocycles. The number of ether oxygens (including phenoxy) is 1. The molecule has 1 atom stereocenters. The van der Waals surface area contributed by atoms with Gasteiger partial charge in [0.05, 0.1) is 5.60 Å². The Morgan fingerprint density at radius 2 is 2.00 bits per heavy atom. The summed E-state index contributed by atoms with van der Waals surface area (Å²) >= 11 is 0. The minimum absolute atomic E-state index is 0.153. The summed E-state index contributed by atoms with van der Waals surface area (Å²) in [5.41, 5.74) is 0.153. The molecule has 1 aromatic heterocycles. The van der Waals surface area contributed by atoms with E-state index in [1.165, 1.54) is 44.9 Å². The Bertz CT molecular complexity index is 489. The molecule has 1 spiro atoms. The van der Waals surface area contributed by atoms with Gasteiger partial charge in [0.15, 0.2) is 0 Å². The number of anilines is 1. The third-order valence-corrected chi connectivity index (χ3v) is 5.23. The van der Waals surface area contributed by atoms with Crippen molar-refractivity contribution in [2.45, 2.75) is 75.3 Å². The van der Waals surface area contributed by atoms with Gasteiger partial charge in [-0.2, -0.15) is 0 Å². The predicted molar refractivity (Wildman–Crippen MR) is 82.4 cm³/mol. The van der Waals surface area contributed by atoms with E-state index in [1.54, 1.807) is 0 Å². The summed E-state index contributed by atoms with van der Waals surface area (Å²) in [5, 5.41) is 3.64. The lowest BCUT2D eigenvalue weighted by Gasteiger charge is -2.43. The summed E-state index contributed by atoms with van der Waals surface area (Å²) in [6, 6.07) is 2.51. The van der Waals surface area contributed by atoms with Crippen LogP contribution >= 0.6 is 0 Å². The van der Waals surface area contributed by atoms with Gasteiger partial charge in [0.2, 0.25) is 0 Å². The predicted octanol–water partition coefficient (Wildman–Crippen LogP) is 3.65. The molecule has 114 valence electrons. The molecule has 2 saturated carbocycles. The number of nitrogens with one attached hydrogen (secondary N) is 1. The van der Waals surface area contributed by atoms with Crippen molar-refractivity contribution in [2.24, 2.45) is 0 Å². The Hall–Kier alpha value is -1.16. The largest absolute Gasteiger partial charge is 0.375 e. The van der Waals surface area contributed by atoms with E-state index in [0.29, 0.717) is 12.0 Å². The van der Waals surface area contributed by atoms with Gasteiger partial charge in [0, 0.05) is 24.8 Å². The van der Waals surface area contributed by atoms with Gasteiger partial charge in [-0.3, -0.25) is 0 Å². The molecule has 2 heterocycles. The molecule has 0 aromatic carbocycles. The maximum atomic E-state index is 6.17. The third-order valence-electron chi connectivity index (χ3n) is 5.23. The van der Waals surface area contributed by atoms with Crippen LogP contribution in [-0.2, 0) is 4.74 Å². The van der Waals surface area contributed by atoms with Crippen molar-refractivity contribution in [1.29, 1.82) is 0 Å². The van der Waals surface area contributed by atoms with Crippen LogP contribution in [0.5, 0.6) is 0 Å². The Morgan fingerprint density at radius 1 is 1.14 bits per heavy atom. The topological polar surface area (TPSA) is 47.0 Å². The molecule has 21 heavy (non-hydrogen) atoms. The highest BCUT2D eigenvalue weighted by Crippen LogP contribution is 2.40. The standard InChI is InChI=1S/C17H25N3O/c1-2-8-17(9-3-1)12-14(7-11-21-17)19-15-6-10-18-16(20-15)13-4-5-13/h6,10,13-14H,1-5,7-9,11-12H2,(H,18,19,20). The molecule has 4 rings (SSSR count). The first-order chi connectivity index (χ1) is 10.3. The maximum absolute atomic E-state index is 6.17. The lowest BCUT2D eigenvalue weighted by atomic mass is 9.78. The van der Waals surface area contributed by atoms with Crippen molar-refractivity contribution in [1.82, 2.24) is 9.97 Å². The zero-order chi connectivity index (χ0) is 14.1. The van der Waals surface area contributed by atoms with Gasteiger partial charge in [-0.15, -0.1) is 0 Å². The van der Waals surface area contributed by atoms with E-state index in [4.69, 9.17) is 9.72 Å². The van der Waals surface area contributed by atoms with Gasteiger partial charge in [0.1, 0.15) is 11.6 Å². The van der Waals surface area contributed by atoms with Crippen molar-refractivity contribution in [2.75, 3.05) is 11.9 Å². The molecule has 0 amide bonds. The average molecular weight is 287 g/mol. The fraction of sp³-hybridized carbons (Fsp3) is 0.765. The van der Waals surface area contributed by atoms with E-state index in [2.05, 4.69) is 10.3 Å². The number of aromatic nitrogens is 2. The normalized spacial score (nSPS) is 28.5. The van der Waals surface area contributed by atoms with Crippen molar-refractivity contribution in [3.05, 3.63) is 18.1 Å². The van der Waals surface area contributed by atoms with Gasteiger partial charge < -0.3 is 10.1 Å². The van der Waals surface area contributed by atoms with Crippen LogP contribution in [-0.4, -0.2) is 28.2 Å². The van der Waals surface area contributed by atoms with Crippen LogP contribution in [0.2, 0.25) is 0 Å². The molecule has 4 nitrogen and oxygen atoms in total. The molecule has 1 aromatic rings. The Morgan fingerprint density at radius 3 is 2.81 bits per heavy atom. The van der Waals surface area contributed by atoms with E-state index in [0.717, 1.165) is 31.1 Å². The second kappa shape index (κ2) is 5.56. The van der Waals surface area contributed by atoms with Crippen LogP contribution in [0.4, 0.5) is 5.82 Å². The van der Waals surface area contributed by atoms with Crippen LogP contribution in [0.25, 0.3) is 0 Å². The molecule has 1 aliphatic heterocycles. The first kappa shape index (κ1) is 13.5. The Labute approximate surface area is 126 Å². The first-order valence-electron chi connectivity index (χ1n) is 8.56. The second-order valence-electron chi connectivity index (χ2n) is 7.00. The van der Waals surface area contributed by atoms with Crippen LogP contribution in [0.1, 0.15) is 69.5 Å². The summed E-state index contributed by atoms with van der Waals surface area (Å²) in [7, 11) is 0. The molecule has 0 bridgehead atoms. The molecule has 3 aliphatic rings. The van der Waals surface area contributed by atoms with E-state index in [-0.39, 0.29) is 5.60 Å². The SMILES string of the molecule is c1cc(NC2CCOC3(CCCCC3)C2)nc(C2CC2)n1. The summed E-state index contributed by atoms with van der Waals surface area (Å²) in [6.07, 6.45) is 13.1. The summed E-state index contributed by atoms with van der Waals surface area (Å²) in [5.74, 6) is 2.65. The quantitative estimate of drug-likeness (QED) is 0.922. The van der Waals surface area contributed by atoms with Gasteiger partial charge in [-0.1, -0.05) is 19.3 Å². The van der Waals surface area contributed by atoms with Gasteiger partial charge in [-0.25, -0.2) is 9.97 Å². The molecule has 4 heteroatoms. The fourth-order valence-electron chi connectivity index (χ4n) is 3.90. The van der Waals surface area contributed by atoms with Crippen LogP contribution in [0, 0.1) is 0 Å². The number of hydrogen-bond donors (Lipinski definition) is 1. The molecule has 3 fully saturated rings. The number of nitrogens with zero attached hydrogens (tertiary/aromatic N) is 2. The molecule has 0 radical (unpaired) electrons. The highest BCUT2D eigenvalue weighted by Gasteiger charge is 2.38. The van der Waals surface area contributed by atoms with Crippen LogP contribution in [0.3, 0.4) is 0 Å².